The predicted octanol–water partition coefficient (Wildman–Crippen LogP) is 2.62. The molecule has 0 saturated carbocycles. The van der Waals surface area contributed by atoms with E-state index in [0.717, 1.165) is 37.2 Å². The topological polar surface area (TPSA) is 74.0 Å². The molecule has 1 aromatic heterocycles. The van der Waals surface area contributed by atoms with Gasteiger partial charge in [-0.25, -0.2) is 4.79 Å². The summed E-state index contributed by atoms with van der Waals surface area (Å²) < 4.78 is 1.82. The van der Waals surface area contributed by atoms with Crippen molar-refractivity contribution < 1.29 is 4.79 Å². The van der Waals surface area contributed by atoms with E-state index in [1.807, 2.05) is 34.0 Å². The number of nitrogens with one attached hydrogen (secondary N) is 1. The van der Waals surface area contributed by atoms with Crippen LogP contribution < -0.4 is 5.32 Å². The lowest BCUT2D eigenvalue weighted by Gasteiger charge is -2.26. The summed E-state index contributed by atoms with van der Waals surface area (Å²) in [6, 6.07) is 11.4. The number of nitrogens with zero attached hydrogens (tertiary/aromatic N) is 4. The molecular formula is C18H21N5O. The van der Waals surface area contributed by atoms with Crippen molar-refractivity contribution in [3.63, 3.8) is 0 Å². The Morgan fingerprint density at radius 3 is 2.62 bits per heavy atom. The summed E-state index contributed by atoms with van der Waals surface area (Å²) in [6.45, 7) is 2.91. The molecule has 0 spiro atoms. The van der Waals surface area contributed by atoms with Crippen LogP contribution in [0.25, 0.3) is 11.3 Å². The maximum absolute atomic E-state index is 12.0. The van der Waals surface area contributed by atoms with E-state index in [0.29, 0.717) is 18.7 Å². The van der Waals surface area contributed by atoms with Gasteiger partial charge in [0.25, 0.3) is 0 Å². The van der Waals surface area contributed by atoms with Gasteiger partial charge in [0.05, 0.1) is 23.9 Å². The quantitative estimate of drug-likeness (QED) is 0.940. The number of likely N-dealkylation sites (tertiary alicyclic amines) is 1. The van der Waals surface area contributed by atoms with Crippen LogP contribution in [0.15, 0.2) is 36.5 Å². The Bertz CT molecular complexity index is 723. The molecule has 6 nitrogen and oxygen atoms in total. The Balaban J connectivity index is 1.50. The van der Waals surface area contributed by atoms with E-state index in [9.17, 15) is 4.79 Å². The number of carbonyl (C=O) groups excluding carboxylic acids is 1. The number of urea groups is 1. The van der Waals surface area contributed by atoms with Crippen LogP contribution in [-0.2, 0) is 6.54 Å². The van der Waals surface area contributed by atoms with E-state index in [1.165, 1.54) is 6.42 Å². The van der Waals surface area contributed by atoms with Gasteiger partial charge in [0, 0.05) is 31.4 Å². The van der Waals surface area contributed by atoms with E-state index in [4.69, 9.17) is 5.26 Å². The standard InChI is InChI=1S/C18H21N5O/c19-14-15-4-6-16(7-5-15)17-8-12-23(21-17)13-9-20-18(24)22-10-2-1-3-11-22/h4-8,12H,1-3,9-11,13H2,(H,20,24). The van der Waals surface area contributed by atoms with Crippen molar-refractivity contribution in [1.82, 2.24) is 20.0 Å². The van der Waals surface area contributed by atoms with Crippen molar-refractivity contribution in [3.05, 3.63) is 42.1 Å². The Morgan fingerprint density at radius 2 is 1.92 bits per heavy atom. The van der Waals surface area contributed by atoms with Crippen molar-refractivity contribution in [2.24, 2.45) is 0 Å². The molecule has 2 amide bonds. The van der Waals surface area contributed by atoms with Gasteiger partial charge in [-0.05, 0) is 37.5 Å². The lowest BCUT2D eigenvalue weighted by molar-refractivity contribution is 0.186. The van der Waals surface area contributed by atoms with Gasteiger partial charge in [-0.2, -0.15) is 10.4 Å². The fourth-order valence-corrected chi connectivity index (χ4v) is 2.84. The van der Waals surface area contributed by atoms with E-state index in [2.05, 4.69) is 16.5 Å². The van der Waals surface area contributed by atoms with Crippen LogP contribution in [-0.4, -0.2) is 40.3 Å². The number of aromatic nitrogens is 2. The predicted molar refractivity (Wildman–Crippen MR) is 91.2 cm³/mol. The number of hydrogen-bond acceptors (Lipinski definition) is 3. The van der Waals surface area contributed by atoms with Crippen molar-refractivity contribution in [1.29, 1.82) is 5.26 Å². The Kier molecular flexibility index (Phi) is 5.12. The summed E-state index contributed by atoms with van der Waals surface area (Å²) in [5.74, 6) is 0. The van der Waals surface area contributed by atoms with E-state index < -0.39 is 0 Å². The molecule has 3 rings (SSSR count). The van der Waals surface area contributed by atoms with Crippen LogP contribution in [0.1, 0.15) is 24.8 Å². The minimum Gasteiger partial charge on any atom is -0.336 e. The first-order valence-corrected chi connectivity index (χ1v) is 8.33. The fourth-order valence-electron chi connectivity index (χ4n) is 2.84. The molecule has 1 saturated heterocycles. The summed E-state index contributed by atoms with van der Waals surface area (Å²) in [5.41, 5.74) is 2.48. The summed E-state index contributed by atoms with van der Waals surface area (Å²) in [4.78, 5) is 13.9. The molecule has 2 heterocycles. The molecule has 0 atom stereocenters. The number of amides is 2. The largest absolute Gasteiger partial charge is 0.336 e. The Morgan fingerprint density at radius 1 is 1.17 bits per heavy atom. The molecule has 1 aliphatic heterocycles. The highest BCUT2D eigenvalue weighted by molar-refractivity contribution is 5.74. The van der Waals surface area contributed by atoms with Gasteiger partial charge in [-0.1, -0.05) is 12.1 Å². The van der Waals surface area contributed by atoms with Crippen LogP contribution in [0.3, 0.4) is 0 Å². The van der Waals surface area contributed by atoms with Crippen LogP contribution in [0, 0.1) is 11.3 Å². The molecule has 2 aromatic rings. The van der Waals surface area contributed by atoms with Crippen LogP contribution in [0.2, 0.25) is 0 Å². The Labute approximate surface area is 141 Å². The molecule has 24 heavy (non-hydrogen) atoms. The van der Waals surface area contributed by atoms with Gasteiger partial charge in [0.15, 0.2) is 0 Å². The van der Waals surface area contributed by atoms with Crippen molar-refractivity contribution in [2.45, 2.75) is 25.8 Å². The lowest BCUT2D eigenvalue weighted by atomic mass is 10.1. The zero-order valence-electron chi connectivity index (χ0n) is 13.6. The minimum absolute atomic E-state index is 0.0224. The molecule has 0 unspecified atom stereocenters. The van der Waals surface area contributed by atoms with Crippen molar-refractivity contribution in [3.8, 4) is 17.3 Å². The lowest BCUT2D eigenvalue weighted by Crippen LogP contribution is -2.43. The normalized spacial score (nSPS) is 14.2. The highest BCUT2D eigenvalue weighted by Gasteiger charge is 2.15. The average Bonchev–Trinajstić information content (AvgIpc) is 3.11. The summed E-state index contributed by atoms with van der Waals surface area (Å²) in [5, 5.41) is 16.3. The number of nitriles is 1. The first-order chi connectivity index (χ1) is 11.8. The van der Waals surface area contributed by atoms with E-state index in [-0.39, 0.29) is 6.03 Å². The molecule has 124 valence electrons. The summed E-state index contributed by atoms with van der Waals surface area (Å²) in [7, 11) is 0. The smallest absolute Gasteiger partial charge is 0.317 e. The number of benzene rings is 1. The molecule has 1 fully saturated rings. The molecule has 0 bridgehead atoms. The third-order valence-corrected chi connectivity index (χ3v) is 4.21. The Hall–Kier alpha value is -2.81. The summed E-state index contributed by atoms with van der Waals surface area (Å²) >= 11 is 0. The molecule has 1 aliphatic rings. The van der Waals surface area contributed by atoms with Gasteiger partial charge < -0.3 is 10.2 Å². The second-order valence-corrected chi connectivity index (χ2v) is 5.93. The van der Waals surface area contributed by atoms with Crippen LogP contribution in [0.4, 0.5) is 4.79 Å². The minimum atomic E-state index is 0.0224. The molecule has 0 aliphatic carbocycles. The third kappa shape index (κ3) is 3.93. The fraction of sp³-hybridized carbons (Fsp3) is 0.389. The molecule has 6 heteroatoms. The van der Waals surface area contributed by atoms with Gasteiger partial charge in [0.2, 0.25) is 0 Å². The second-order valence-electron chi connectivity index (χ2n) is 5.93. The number of rotatable bonds is 4. The van der Waals surface area contributed by atoms with Gasteiger partial charge in [0.1, 0.15) is 0 Å². The third-order valence-electron chi connectivity index (χ3n) is 4.21. The zero-order valence-corrected chi connectivity index (χ0v) is 13.6. The van der Waals surface area contributed by atoms with Crippen LogP contribution >= 0.6 is 0 Å². The molecule has 1 aromatic carbocycles. The first kappa shape index (κ1) is 16.1. The number of hydrogen-bond donors (Lipinski definition) is 1. The second kappa shape index (κ2) is 7.64. The molecule has 0 radical (unpaired) electrons. The van der Waals surface area contributed by atoms with Gasteiger partial charge in [-0.15, -0.1) is 0 Å². The van der Waals surface area contributed by atoms with E-state index >= 15 is 0 Å². The van der Waals surface area contributed by atoms with Gasteiger partial charge in [-0.3, -0.25) is 4.68 Å². The SMILES string of the molecule is N#Cc1ccc(-c2ccn(CCNC(=O)N3CCCCC3)n2)cc1. The maximum atomic E-state index is 12.0. The van der Waals surface area contributed by atoms with Gasteiger partial charge >= 0.3 is 6.03 Å². The van der Waals surface area contributed by atoms with E-state index in [1.54, 1.807) is 12.1 Å². The molecule has 1 N–H and O–H groups in total. The average molecular weight is 323 g/mol. The zero-order chi connectivity index (χ0) is 16.8. The highest BCUT2D eigenvalue weighted by atomic mass is 16.2. The first-order valence-electron chi connectivity index (χ1n) is 8.33. The molecular weight excluding hydrogens is 302 g/mol. The number of carbonyl (C=O) groups is 1. The van der Waals surface area contributed by atoms with Crippen molar-refractivity contribution in [2.75, 3.05) is 19.6 Å². The van der Waals surface area contributed by atoms with Crippen LogP contribution in [0.5, 0.6) is 0 Å². The summed E-state index contributed by atoms with van der Waals surface area (Å²) in [6.07, 6.45) is 5.32. The monoisotopic (exact) mass is 323 g/mol. The number of piperidine rings is 1. The van der Waals surface area contributed by atoms with Crippen molar-refractivity contribution >= 4 is 6.03 Å². The maximum Gasteiger partial charge on any atom is 0.317 e. The highest BCUT2D eigenvalue weighted by Crippen LogP contribution is 2.17.